The van der Waals surface area contributed by atoms with Gasteiger partial charge in [-0.3, -0.25) is 0 Å². The number of anilines is 1. The van der Waals surface area contributed by atoms with Crippen LogP contribution < -0.4 is 4.90 Å². The second-order valence-electron chi connectivity index (χ2n) is 7.04. The molecule has 0 saturated heterocycles. The van der Waals surface area contributed by atoms with Gasteiger partial charge < -0.3 is 10.0 Å². The van der Waals surface area contributed by atoms with Crippen molar-refractivity contribution in [3.05, 3.63) is 29.3 Å². The van der Waals surface area contributed by atoms with Gasteiger partial charge in [0.1, 0.15) is 5.37 Å². The van der Waals surface area contributed by atoms with Crippen LogP contribution >= 0.6 is 0 Å². The van der Waals surface area contributed by atoms with E-state index in [-0.39, 0.29) is 17.9 Å². The number of nitrogens with zero attached hydrogens (tertiary/aromatic N) is 1. The molecule has 22 heavy (non-hydrogen) atoms. The number of benzene rings is 1. The van der Waals surface area contributed by atoms with Crippen LogP contribution in [0.2, 0.25) is 0 Å². The minimum atomic E-state index is -3.38. The van der Waals surface area contributed by atoms with Gasteiger partial charge in [0.25, 0.3) is 0 Å². The summed E-state index contributed by atoms with van der Waals surface area (Å²) in [5.41, 5.74) is 3.09. The first-order valence-electron chi connectivity index (χ1n) is 7.82. The highest BCUT2D eigenvalue weighted by atomic mass is 32.2. The maximum atomic E-state index is 12.5. The molecular formula is C17H27NO3S. The van der Waals surface area contributed by atoms with Gasteiger partial charge in [-0.2, -0.15) is 0 Å². The summed E-state index contributed by atoms with van der Waals surface area (Å²) in [6.07, 6.45) is 0.905. The van der Waals surface area contributed by atoms with Crippen molar-refractivity contribution in [3.8, 4) is 0 Å². The van der Waals surface area contributed by atoms with E-state index >= 15 is 0 Å². The van der Waals surface area contributed by atoms with Gasteiger partial charge in [-0.15, -0.1) is 0 Å². The monoisotopic (exact) mass is 325 g/mol. The Bertz CT molecular complexity index is 652. The van der Waals surface area contributed by atoms with Crippen molar-refractivity contribution in [1.29, 1.82) is 0 Å². The largest absolute Gasteiger partial charge is 0.395 e. The number of hydrogen-bond acceptors (Lipinski definition) is 4. The molecule has 0 fully saturated rings. The van der Waals surface area contributed by atoms with Gasteiger partial charge in [-0.05, 0) is 57.2 Å². The van der Waals surface area contributed by atoms with Crippen molar-refractivity contribution in [3.63, 3.8) is 0 Å². The molecule has 2 atom stereocenters. The Hall–Kier alpha value is -1.07. The van der Waals surface area contributed by atoms with Crippen molar-refractivity contribution in [2.45, 2.75) is 57.9 Å². The van der Waals surface area contributed by atoms with E-state index in [4.69, 9.17) is 5.11 Å². The smallest absolute Gasteiger partial charge is 0.173 e. The first kappa shape index (κ1) is 17.3. The van der Waals surface area contributed by atoms with Crippen molar-refractivity contribution >= 4 is 15.5 Å². The molecule has 0 amide bonds. The van der Waals surface area contributed by atoms with E-state index in [0.29, 0.717) is 5.92 Å². The zero-order valence-corrected chi connectivity index (χ0v) is 14.9. The third kappa shape index (κ3) is 3.01. The summed E-state index contributed by atoms with van der Waals surface area (Å²) in [6.45, 7) is 9.81. The molecule has 1 aliphatic rings. The van der Waals surface area contributed by atoms with Crippen LogP contribution in [0.15, 0.2) is 18.2 Å². The molecule has 1 aromatic carbocycles. The van der Waals surface area contributed by atoms with Crippen molar-refractivity contribution in [1.82, 2.24) is 0 Å². The number of aryl methyl sites for hydroxylation is 1. The summed E-state index contributed by atoms with van der Waals surface area (Å²) in [7, 11) is -3.38. The van der Waals surface area contributed by atoms with Crippen LogP contribution in [0.1, 0.15) is 51.2 Å². The van der Waals surface area contributed by atoms with E-state index in [9.17, 15) is 8.42 Å². The standard InChI is InChI=1S/C17H27NO3S/c1-12-6-7-15-13(2)11-17(4,5)18(16(15)10-12)14(3)22(20,21)9-8-19/h6-7,10,13-14,19H,8-9,11H2,1-5H3. The van der Waals surface area contributed by atoms with Crippen molar-refractivity contribution < 1.29 is 13.5 Å². The first-order chi connectivity index (χ1) is 10.1. The third-order valence-corrected chi connectivity index (χ3v) is 6.70. The van der Waals surface area contributed by atoms with Crippen LogP contribution in [0.3, 0.4) is 0 Å². The highest BCUT2D eigenvalue weighted by molar-refractivity contribution is 7.92. The molecule has 0 bridgehead atoms. The van der Waals surface area contributed by atoms with Gasteiger partial charge in [0.15, 0.2) is 9.84 Å². The predicted octanol–water partition coefficient (Wildman–Crippen LogP) is 2.84. The SMILES string of the molecule is Cc1ccc2c(c1)N(C(C)S(=O)(=O)CCO)C(C)(C)CC2C. The molecule has 1 N–H and O–H groups in total. The minimum absolute atomic E-state index is 0.197. The number of fused-ring (bicyclic) bond motifs is 1. The second-order valence-corrected chi connectivity index (χ2v) is 9.46. The fourth-order valence-electron chi connectivity index (χ4n) is 3.71. The third-order valence-electron chi connectivity index (χ3n) is 4.69. The van der Waals surface area contributed by atoms with Crippen LogP contribution in [0.5, 0.6) is 0 Å². The van der Waals surface area contributed by atoms with E-state index in [1.165, 1.54) is 5.56 Å². The molecule has 2 rings (SSSR count). The number of hydrogen-bond donors (Lipinski definition) is 1. The Balaban J connectivity index is 2.58. The molecule has 0 radical (unpaired) electrons. The number of aliphatic hydroxyl groups is 1. The number of sulfone groups is 1. The zero-order valence-electron chi connectivity index (χ0n) is 14.1. The van der Waals surface area contributed by atoms with Gasteiger partial charge >= 0.3 is 0 Å². The maximum Gasteiger partial charge on any atom is 0.173 e. The normalized spacial score (nSPS) is 22.3. The average Bonchev–Trinajstić information content (AvgIpc) is 2.36. The van der Waals surface area contributed by atoms with Crippen LogP contribution in [-0.2, 0) is 9.84 Å². The Kier molecular flexibility index (Phi) is 4.60. The molecule has 124 valence electrons. The topological polar surface area (TPSA) is 57.6 Å². The van der Waals surface area contributed by atoms with Crippen LogP contribution in [-0.4, -0.2) is 36.8 Å². The lowest BCUT2D eigenvalue weighted by atomic mass is 9.80. The molecule has 1 aromatic rings. The molecule has 2 unspecified atom stereocenters. The lowest BCUT2D eigenvalue weighted by Gasteiger charge is -2.50. The van der Waals surface area contributed by atoms with E-state index < -0.39 is 15.2 Å². The van der Waals surface area contributed by atoms with Gasteiger partial charge in [0.2, 0.25) is 0 Å². The maximum absolute atomic E-state index is 12.5. The number of rotatable bonds is 4. The quantitative estimate of drug-likeness (QED) is 0.925. The molecule has 1 aliphatic heterocycles. The van der Waals surface area contributed by atoms with E-state index in [1.54, 1.807) is 6.92 Å². The van der Waals surface area contributed by atoms with Crippen LogP contribution in [0, 0.1) is 6.92 Å². The van der Waals surface area contributed by atoms with Crippen LogP contribution in [0.25, 0.3) is 0 Å². The second kappa shape index (κ2) is 5.85. The van der Waals surface area contributed by atoms with Crippen molar-refractivity contribution in [2.24, 2.45) is 0 Å². The minimum Gasteiger partial charge on any atom is -0.395 e. The molecular weight excluding hydrogens is 298 g/mol. The molecule has 0 aliphatic carbocycles. The summed E-state index contributed by atoms with van der Waals surface area (Å²) >= 11 is 0. The first-order valence-corrected chi connectivity index (χ1v) is 9.54. The lowest BCUT2D eigenvalue weighted by molar-refractivity contribution is 0.318. The molecule has 0 aromatic heterocycles. The summed E-state index contributed by atoms with van der Waals surface area (Å²) in [4.78, 5) is 2.03. The Labute approximate surface area is 134 Å². The Morgan fingerprint density at radius 2 is 2.05 bits per heavy atom. The fourth-order valence-corrected chi connectivity index (χ4v) is 5.02. The highest BCUT2D eigenvalue weighted by Crippen LogP contribution is 2.45. The van der Waals surface area contributed by atoms with E-state index in [2.05, 4.69) is 39.0 Å². The summed E-state index contributed by atoms with van der Waals surface area (Å²) in [6, 6.07) is 6.28. The predicted molar refractivity (Wildman–Crippen MR) is 91.1 cm³/mol. The van der Waals surface area contributed by atoms with Crippen LogP contribution in [0.4, 0.5) is 5.69 Å². The summed E-state index contributed by atoms with van der Waals surface area (Å²) < 4.78 is 25.0. The average molecular weight is 325 g/mol. The summed E-state index contributed by atoms with van der Waals surface area (Å²) in [5.74, 6) is 0.201. The van der Waals surface area contributed by atoms with Gasteiger partial charge in [0, 0.05) is 11.2 Å². The van der Waals surface area contributed by atoms with Gasteiger partial charge in [-0.1, -0.05) is 19.1 Å². The summed E-state index contributed by atoms with van der Waals surface area (Å²) in [5, 5.41) is 8.41. The zero-order chi connectivity index (χ0) is 16.7. The molecule has 1 heterocycles. The Morgan fingerprint density at radius 3 is 2.64 bits per heavy atom. The molecule has 0 saturated carbocycles. The molecule has 4 nitrogen and oxygen atoms in total. The van der Waals surface area contributed by atoms with E-state index in [1.807, 2.05) is 11.8 Å². The highest BCUT2D eigenvalue weighted by Gasteiger charge is 2.42. The molecule has 0 spiro atoms. The van der Waals surface area contributed by atoms with Crippen molar-refractivity contribution in [2.75, 3.05) is 17.3 Å². The Morgan fingerprint density at radius 1 is 1.41 bits per heavy atom. The van der Waals surface area contributed by atoms with Gasteiger partial charge in [-0.25, -0.2) is 8.42 Å². The molecule has 5 heteroatoms. The number of aliphatic hydroxyl groups excluding tert-OH is 1. The van der Waals surface area contributed by atoms with Gasteiger partial charge in [0.05, 0.1) is 12.4 Å². The van der Waals surface area contributed by atoms with E-state index in [0.717, 1.165) is 17.7 Å². The lowest BCUT2D eigenvalue weighted by Crippen LogP contribution is -2.55. The fraction of sp³-hybridized carbons (Fsp3) is 0.647.